The summed E-state index contributed by atoms with van der Waals surface area (Å²) in [5.41, 5.74) is -1.47. The summed E-state index contributed by atoms with van der Waals surface area (Å²) in [5.74, 6) is -2.26. The van der Waals surface area contributed by atoms with Crippen LogP contribution in [0.15, 0.2) is 0 Å². The van der Waals surface area contributed by atoms with Crippen LogP contribution in [0.25, 0.3) is 0 Å². The number of carbonyl (C=O) groups is 2. The van der Waals surface area contributed by atoms with Crippen LogP contribution in [-0.4, -0.2) is 76.3 Å². The molecule has 1 heterocycles. The highest BCUT2D eigenvalue weighted by molar-refractivity contribution is 6.30. The smallest absolute Gasteiger partial charge is 0.391 e. The molecule has 5 aliphatic rings. The van der Waals surface area contributed by atoms with Crippen molar-refractivity contribution in [2.45, 2.75) is 110 Å². The zero-order valence-electron chi connectivity index (χ0n) is 19.5. The Kier molecular flexibility index (Phi) is 8.18. The number of halogens is 5. The van der Waals surface area contributed by atoms with E-state index in [0.29, 0.717) is 32.1 Å². The molecule has 0 spiro atoms. The lowest BCUT2D eigenvalue weighted by Gasteiger charge is -2.56. The Balaban J connectivity index is 1.27. The molecule has 4 saturated carbocycles. The lowest BCUT2D eigenvalue weighted by molar-refractivity contribution is -0.183. The first-order chi connectivity index (χ1) is 16.4. The Bertz CT molecular complexity index is 794. The van der Waals surface area contributed by atoms with E-state index in [0.717, 1.165) is 12.8 Å². The molecule has 6 atom stereocenters. The van der Waals surface area contributed by atoms with E-state index >= 15 is 0 Å². The third-order valence-corrected chi connectivity index (χ3v) is 9.51. The predicted octanol–water partition coefficient (Wildman–Crippen LogP) is 2.75. The maximum absolute atomic E-state index is 13.1. The number of piperidine rings is 1. The standard InChI is InChI=1S/C23H34Cl2F3N3O4/c24-15-2-1-14(10-16(15)25)35-12-19(33)30-22-6-4-21(5-7-22,11-18(22)32)31-20(34)17-9-13(3-8-29-17)23(26,27)28/h13-18,29,32H,1-12H2,(H,30,33)(H,31,34)/t13?,14?,15?,16?,17?,18-,21?,22?/m0/s1. The fourth-order valence-electron chi connectivity index (χ4n) is 6.13. The van der Waals surface area contributed by atoms with Gasteiger partial charge in [-0.15, -0.1) is 23.2 Å². The summed E-state index contributed by atoms with van der Waals surface area (Å²) in [5, 5.41) is 19.4. The van der Waals surface area contributed by atoms with E-state index in [-0.39, 0.29) is 55.2 Å². The summed E-state index contributed by atoms with van der Waals surface area (Å²) in [7, 11) is 0. The van der Waals surface area contributed by atoms with E-state index in [1.165, 1.54) is 0 Å². The van der Waals surface area contributed by atoms with Crippen LogP contribution in [0.1, 0.15) is 64.2 Å². The van der Waals surface area contributed by atoms with Gasteiger partial charge in [-0.05, 0) is 70.8 Å². The number of carbonyl (C=O) groups excluding carboxylic acids is 2. The van der Waals surface area contributed by atoms with Crippen LogP contribution in [0.3, 0.4) is 0 Å². The molecule has 2 bridgehead atoms. The second-order valence-corrected chi connectivity index (χ2v) is 11.9. The zero-order chi connectivity index (χ0) is 25.4. The number of alkyl halides is 5. The number of aliphatic hydroxyl groups is 1. The van der Waals surface area contributed by atoms with Gasteiger partial charge in [0, 0.05) is 5.54 Å². The second-order valence-electron chi connectivity index (χ2n) is 10.7. The molecule has 0 radical (unpaired) electrons. The molecule has 7 nitrogen and oxygen atoms in total. The van der Waals surface area contributed by atoms with Crippen LogP contribution in [0.4, 0.5) is 13.2 Å². The van der Waals surface area contributed by atoms with Gasteiger partial charge < -0.3 is 25.8 Å². The van der Waals surface area contributed by atoms with Crippen LogP contribution in [0.5, 0.6) is 0 Å². The molecule has 1 saturated heterocycles. The highest BCUT2D eigenvalue weighted by Gasteiger charge is 2.56. The Morgan fingerprint density at radius 1 is 1.03 bits per heavy atom. The molecule has 5 unspecified atom stereocenters. The Morgan fingerprint density at radius 2 is 1.74 bits per heavy atom. The minimum absolute atomic E-state index is 0.0382. The van der Waals surface area contributed by atoms with Crippen molar-refractivity contribution in [1.29, 1.82) is 0 Å². The second kappa shape index (κ2) is 10.5. The number of hydrogen-bond donors (Lipinski definition) is 4. The molecule has 4 N–H and O–H groups in total. The van der Waals surface area contributed by atoms with E-state index < -0.39 is 41.2 Å². The SMILES string of the molecule is O=C(COC1CCC(Cl)C(Cl)C1)NC12CCC(NC(=O)C3CC(C(F)(F)F)CCN3)(CC1)C[C@@H]2O. The van der Waals surface area contributed by atoms with Gasteiger partial charge in [0.05, 0.1) is 40.5 Å². The van der Waals surface area contributed by atoms with Crippen LogP contribution in [0.2, 0.25) is 0 Å². The average Bonchev–Trinajstić information content (AvgIpc) is 2.80. The van der Waals surface area contributed by atoms with Crippen molar-refractivity contribution in [3.05, 3.63) is 0 Å². The number of amides is 2. The first kappa shape index (κ1) is 27.2. The largest absolute Gasteiger partial charge is 0.391 e. The van der Waals surface area contributed by atoms with E-state index in [1.807, 2.05) is 0 Å². The predicted molar refractivity (Wildman–Crippen MR) is 124 cm³/mol. The van der Waals surface area contributed by atoms with Crippen molar-refractivity contribution in [1.82, 2.24) is 16.0 Å². The molecule has 5 fully saturated rings. The van der Waals surface area contributed by atoms with Crippen molar-refractivity contribution in [2.24, 2.45) is 5.92 Å². The molecule has 5 rings (SSSR count). The van der Waals surface area contributed by atoms with Gasteiger partial charge in [-0.25, -0.2) is 0 Å². The fourth-order valence-corrected chi connectivity index (χ4v) is 6.68. The Morgan fingerprint density at radius 3 is 2.37 bits per heavy atom. The van der Waals surface area contributed by atoms with Gasteiger partial charge in [0.2, 0.25) is 11.8 Å². The van der Waals surface area contributed by atoms with Gasteiger partial charge in [-0.2, -0.15) is 13.2 Å². The van der Waals surface area contributed by atoms with E-state index in [9.17, 15) is 27.9 Å². The molecule has 200 valence electrons. The molecule has 4 aliphatic carbocycles. The van der Waals surface area contributed by atoms with E-state index in [1.54, 1.807) is 0 Å². The number of fused-ring (bicyclic) bond motifs is 3. The summed E-state index contributed by atoms with van der Waals surface area (Å²) in [6.45, 7) is -0.000730. The van der Waals surface area contributed by atoms with Crippen LogP contribution < -0.4 is 16.0 Å². The number of ether oxygens (including phenoxy) is 1. The molecular formula is C23H34Cl2F3N3O4. The number of aliphatic hydroxyl groups excluding tert-OH is 1. The van der Waals surface area contributed by atoms with Crippen molar-refractivity contribution in [3.63, 3.8) is 0 Å². The third-order valence-electron chi connectivity index (χ3n) is 8.38. The molecule has 0 aromatic carbocycles. The molecular weight excluding hydrogens is 510 g/mol. The van der Waals surface area contributed by atoms with E-state index in [4.69, 9.17) is 27.9 Å². The fraction of sp³-hybridized carbons (Fsp3) is 0.913. The third kappa shape index (κ3) is 6.20. The van der Waals surface area contributed by atoms with Gasteiger partial charge in [0.25, 0.3) is 0 Å². The summed E-state index contributed by atoms with van der Waals surface area (Å²) < 4.78 is 45.1. The lowest BCUT2D eigenvalue weighted by atomic mass is 9.59. The molecule has 1 aliphatic heterocycles. The Labute approximate surface area is 213 Å². The first-order valence-corrected chi connectivity index (χ1v) is 13.3. The first-order valence-electron chi connectivity index (χ1n) is 12.4. The van der Waals surface area contributed by atoms with Crippen molar-refractivity contribution >= 4 is 35.0 Å². The topological polar surface area (TPSA) is 99.7 Å². The Hall–Kier alpha value is -0.810. The van der Waals surface area contributed by atoms with Crippen LogP contribution >= 0.6 is 23.2 Å². The van der Waals surface area contributed by atoms with Gasteiger partial charge in [0.15, 0.2) is 0 Å². The number of rotatable bonds is 6. The van der Waals surface area contributed by atoms with Crippen molar-refractivity contribution in [2.75, 3.05) is 13.2 Å². The van der Waals surface area contributed by atoms with Crippen molar-refractivity contribution in [3.8, 4) is 0 Å². The number of hydrogen-bond acceptors (Lipinski definition) is 5. The minimum Gasteiger partial charge on any atom is -0.391 e. The maximum Gasteiger partial charge on any atom is 0.391 e. The summed E-state index contributed by atoms with van der Waals surface area (Å²) in [4.78, 5) is 25.5. The minimum atomic E-state index is -4.32. The van der Waals surface area contributed by atoms with Gasteiger partial charge >= 0.3 is 6.18 Å². The maximum atomic E-state index is 13.1. The number of nitrogens with one attached hydrogen (secondary N) is 3. The monoisotopic (exact) mass is 543 g/mol. The van der Waals surface area contributed by atoms with Crippen molar-refractivity contribution < 1.29 is 32.6 Å². The lowest BCUT2D eigenvalue weighted by Crippen LogP contribution is -2.71. The molecule has 0 aromatic heterocycles. The van der Waals surface area contributed by atoms with Crippen LogP contribution in [0, 0.1) is 5.92 Å². The zero-order valence-corrected chi connectivity index (χ0v) is 21.0. The normalized spacial score (nSPS) is 41.9. The molecule has 0 aromatic rings. The summed E-state index contributed by atoms with van der Waals surface area (Å²) >= 11 is 12.3. The van der Waals surface area contributed by atoms with Gasteiger partial charge in [0.1, 0.15) is 6.61 Å². The van der Waals surface area contributed by atoms with Gasteiger partial charge in [-0.1, -0.05) is 0 Å². The van der Waals surface area contributed by atoms with Crippen LogP contribution in [-0.2, 0) is 14.3 Å². The quantitative estimate of drug-likeness (QED) is 0.386. The molecule has 35 heavy (non-hydrogen) atoms. The van der Waals surface area contributed by atoms with E-state index in [2.05, 4.69) is 16.0 Å². The molecule has 12 heteroatoms. The summed E-state index contributed by atoms with van der Waals surface area (Å²) in [6, 6.07) is -0.909. The highest BCUT2D eigenvalue weighted by Crippen LogP contribution is 2.47. The highest BCUT2D eigenvalue weighted by atomic mass is 35.5. The van der Waals surface area contributed by atoms with Gasteiger partial charge in [-0.3, -0.25) is 9.59 Å². The molecule has 2 amide bonds. The summed E-state index contributed by atoms with van der Waals surface area (Å²) in [6.07, 6.45) is -1.39. The average molecular weight is 544 g/mol.